The summed E-state index contributed by atoms with van der Waals surface area (Å²) < 4.78 is 36.8. The standard InChI is InChI=1S/C18H28F3N5O.HI/c1-22-16(27)15-7-4-6-14(12-15)8-10-25-17(23-2)24-9-5-11-26(3)13-18(19,20)21;/h4,6-7,12H,5,8-11,13H2,1-3H3,(H,22,27)(H2,23,24,25);1H. The first-order valence-corrected chi connectivity index (χ1v) is 8.76. The zero-order valence-corrected chi connectivity index (χ0v) is 18.7. The molecular formula is C18H29F3IN5O. The third-order valence-electron chi connectivity index (χ3n) is 3.80. The van der Waals surface area contributed by atoms with Crippen LogP contribution in [0.3, 0.4) is 0 Å². The quantitative estimate of drug-likeness (QED) is 0.204. The van der Waals surface area contributed by atoms with E-state index in [1.54, 1.807) is 20.2 Å². The number of aliphatic imine (C=N–C) groups is 1. The number of hydrogen-bond donors (Lipinski definition) is 3. The van der Waals surface area contributed by atoms with Crippen molar-refractivity contribution in [2.75, 3.05) is 47.3 Å². The lowest BCUT2D eigenvalue weighted by Gasteiger charge is -2.19. The third-order valence-corrected chi connectivity index (χ3v) is 3.80. The van der Waals surface area contributed by atoms with E-state index in [4.69, 9.17) is 0 Å². The van der Waals surface area contributed by atoms with E-state index < -0.39 is 12.7 Å². The molecule has 0 spiro atoms. The van der Waals surface area contributed by atoms with Crippen molar-refractivity contribution in [1.82, 2.24) is 20.9 Å². The first-order chi connectivity index (χ1) is 12.7. The molecule has 0 aliphatic rings. The Morgan fingerprint density at radius 1 is 1.21 bits per heavy atom. The first-order valence-electron chi connectivity index (χ1n) is 8.76. The minimum absolute atomic E-state index is 0. The maximum atomic E-state index is 12.3. The van der Waals surface area contributed by atoms with Crippen molar-refractivity contribution in [2.45, 2.75) is 19.0 Å². The van der Waals surface area contributed by atoms with Crippen molar-refractivity contribution in [3.63, 3.8) is 0 Å². The Labute approximate surface area is 181 Å². The Bertz CT molecular complexity index is 625. The molecule has 10 heteroatoms. The smallest absolute Gasteiger partial charge is 0.356 e. The Morgan fingerprint density at radius 3 is 2.50 bits per heavy atom. The second kappa shape index (κ2) is 13.6. The molecule has 28 heavy (non-hydrogen) atoms. The molecule has 160 valence electrons. The van der Waals surface area contributed by atoms with Gasteiger partial charge in [0.15, 0.2) is 5.96 Å². The Hall–Kier alpha value is -1.56. The van der Waals surface area contributed by atoms with Crippen LogP contribution in [0.1, 0.15) is 22.3 Å². The second-order valence-electron chi connectivity index (χ2n) is 6.16. The second-order valence-corrected chi connectivity index (χ2v) is 6.16. The minimum atomic E-state index is -4.17. The van der Waals surface area contributed by atoms with Gasteiger partial charge < -0.3 is 16.0 Å². The Morgan fingerprint density at radius 2 is 1.89 bits per heavy atom. The van der Waals surface area contributed by atoms with Crippen LogP contribution in [0.5, 0.6) is 0 Å². The van der Waals surface area contributed by atoms with Gasteiger partial charge in [-0.25, -0.2) is 0 Å². The van der Waals surface area contributed by atoms with Gasteiger partial charge in [-0.15, -0.1) is 24.0 Å². The van der Waals surface area contributed by atoms with Gasteiger partial charge in [0, 0.05) is 32.7 Å². The Kier molecular flexibility index (Phi) is 12.8. The molecule has 3 N–H and O–H groups in total. The van der Waals surface area contributed by atoms with E-state index in [1.807, 2.05) is 18.2 Å². The van der Waals surface area contributed by atoms with Crippen molar-refractivity contribution in [1.29, 1.82) is 0 Å². The fraction of sp³-hybridized carbons (Fsp3) is 0.556. The van der Waals surface area contributed by atoms with Crippen LogP contribution in [0.25, 0.3) is 0 Å². The molecule has 1 aromatic rings. The highest BCUT2D eigenvalue weighted by Crippen LogP contribution is 2.15. The number of rotatable bonds is 9. The van der Waals surface area contributed by atoms with Crippen LogP contribution in [0, 0.1) is 0 Å². The van der Waals surface area contributed by atoms with Crippen LogP contribution in [-0.4, -0.2) is 70.3 Å². The maximum absolute atomic E-state index is 12.3. The van der Waals surface area contributed by atoms with Crippen LogP contribution < -0.4 is 16.0 Å². The molecule has 0 aromatic heterocycles. The van der Waals surface area contributed by atoms with Gasteiger partial charge in [0.25, 0.3) is 5.91 Å². The molecule has 0 radical (unpaired) electrons. The molecule has 1 rings (SSSR count). The van der Waals surface area contributed by atoms with E-state index in [0.29, 0.717) is 44.0 Å². The monoisotopic (exact) mass is 515 g/mol. The molecule has 0 aliphatic heterocycles. The molecule has 0 aliphatic carbocycles. The van der Waals surface area contributed by atoms with E-state index in [0.717, 1.165) is 5.56 Å². The van der Waals surface area contributed by atoms with Gasteiger partial charge in [0.1, 0.15) is 0 Å². The van der Waals surface area contributed by atoms with Gasteiger partial charge in [0.2, 0.25) is 0 Å². The zero-order chi connectivity index (χ0) is 20.3. The molecule has 1 aromatic carbocycles. The number of guanidine groups is 1. The number of nitrogens with zero attached hydrogens (tertiary/aromatic N) is 2. The highest BCUT2D eigenvalue weighted by Gasteiger charge is 2.28. The van der Waals surface area contributed by atoms with Gasteiger partial charge in [0.05, 0.1) is 6.54 Å². The average Bonchev–Trinajstić information content (AvgIpc) is 2.61. The number of carbonyl (C=O) groups is 1. The lowest BCUT2D eigenvalue weighted by atomic mass is 10.1. The number of nitrogens with one attached hydrogen (secondary N) is 3. The summed E-state index contributed by atoms with van der Waals surface area (Å²) in [5.41, 5.74) is 1.63. The number of benzene rings is 1. The first kappa shape index (κ1) is 26.4. The summed E-state index contributed by atoms with van der Waals surface area (Å²) in [6.07, 6.45) is -2.89. The summed E-state index contributed by atoms with van der Waals surface area (Å²) in [6, 6.07) is 7.38. The molecule has 0 heterocycles. The number of carbonyl (C=O) groups excluding carboxylic acids is 1. The molecule has 1 amide bonds. The third kappa shape index (κ3) is 11.3. The SMILES string of the molecule is CN=C(NCCCN(C)CC(F)(F)F)NCCc1cccc(C(=O)NC)c1.I. The van der Waals surface area contributed by atoms with Crippen LogP contribution in [0.15, 0.2) is 29.3 Å². The number of hydrogen-bond acceptors (Lipinski definition) is 3. The Balaban J connectivity index is 0.00000729. The van der Waals surface area contributed by atoms with E-state index in [-0.39, 0.29) is 29.9 Å². The van der Waals surface area contributed by atoms with Crippen LogP contribution in [-0.2, 0) is 6.42 Å². The van der Waals surface area contributed by atoms with Crippen molar-refractivity contribution < 1.29 is 18.0 Å². The summed E-state index contributed by atoms with van der Waals surface area (Å²) >= 11 is 0. The number of alkyl halides is 3. The summed E-state index contributed by atoms with van der Waals surface area (Å²) in [6.45, 7) is 0.573. The van der Waals surface area contributed by atoms with E-state index >= 15 is 0 Å². The van der Waals surface area contributed by atoms with Crippen LogP contribution in [0.4, 0.5) is 13.2 Å². The lowest BCUT2D eigenvalue weighted by Crippen LogP contribution is -2.40. The fourth-order valence-corrected chi connectivity index (χ4v) is 2.50. The summed E-state index contributed by atoms with van der Waals surface area (Å²) in [7, 11) is 4.68. The topological polar surface area (TPSA) is 68.8 Å². The summed E-state index contributed by atoms with van der Waals surface area (Å²) in [4.78, 5) is 17.0. The summed E-state index contributed by atoms with van der Waals surface area (Å²) in [5, 5.41) is 8.82. The van der Waals surface area contributed by atoms with E-state index in [9.17, 15) is 18.0 Å². The van der Waals surface area contributed by atoms with Gasteiger partial charge in [-0.1, -0.05) is 12.1 Å². The van der Waals surface area contributed by atoms with Crippen LogP contribution >= 0.6 is 24.0 Å². The normalized spacial score (nSPS) is 11.8. The van der Waals surface area contributed by atoms with Gasteiger partial charge in [-0.2, -0.15) is 13.2 Å². The molecule has 0 bridgehead atoms. The largest absolute Gasteiger partial charge is 0.401 e. The highest BCUT2D eigenvalue weighted by molar-refractivity contribution is 14.0. The van der Waals surface area contributed by atoms with Gasteiger partial charge >= 0.3 is 6.18 Å². The fourth-order valence-electron chi connectivity index (χ4n) is 2.50. The number of amides is 1. The molecule has 0 fully saturated rings. The lowest BCUT2D eigenvalue weighted by molar-refractivity contribution is -0.143. The molecule has 0 unspecified atom stereocenters. The maximum Gasteiger partial charge on any atom is 0.401 e. The molecular weight excluding hydrogens is 486 g/mol. The van der Waals surface area contributed by atoms with Crippen molar-refractivity contribution in [2.24, 2.45) is 4.99 Å². The van der Waals surface area contributed by atoms with Crippen molar-refractivity contribution >= 4 is 35.8 Å². The summed E-state index contributed by atoms with van der Waals surface area (Å²) in [5.74, 6) is 0.466. The predicted molar refractivity (Wildman–Crippen MR) is 116 cm³/mol. The minimum Gasteiger partial charge on any atom is -0.356 e. The average molecular weight is 515 g/mol. The molecule has 0 saturated heterocycles. The van der Waals surface area contributed by atoms with E-state index in [2.05, 4.69) is 20.9 Å². The van der Waals surface area contributed by atoms with Gasteiger partial charge in [-0.05, 0) is 44.1 Å². The van der Waals surface area contributed by atoms with Gasteiger partial charge in [-0.3, -0.25) is 14.7 Å². The van der Waals surface area contributed by atoms with Crippen LogP contribution in [0.2, 0.25) is 0 Å². The van der Waals surface area contributed by atoms with Crippen molar-refractivity contribution in [3.8, 4) is 0 Å². The van der Waals surface area contributed by atoms with E-state index in [1.165, 1.54) is 11.9 Å². The highest BCUT2D eigenvalue weighted by atomic mass is 127. The predicted octanol–water partition coefficient (Wildman–Crippen LogP) is 2.26. The number of halogens is 4. The molecule has 0 saturated carbocycles. The van der Waals surface area contributed by atoms with Crippen molar-refractivity contribution in [3.05, 3.63) is 35.4 Å². The molecule has 6 nitrogen and oxygen atoms in total. The molecule has 0 atom stereocenters. The zero-order valence-electron chi connectivity index (χ0n) is 16.4.